The molecule has 0 saturated heterocycles. The van der Waals surface area contributed by atoms with E-state index in [1.54, 1.807) is 24.3 Å². The number of hydrogen-bond acceptors (Lipinski definition) is 8. The lowest BCUT2D eigenvalue weighted by Crippen LogP contribution is -2.29. The van der Waals surface area contributed by atoms with E-state index >= 15 is 0 Å². The molecule has 1 aromatic rings. The molecule has 0 bridgehead atoms. The Labute approximate surface area is 149 Å². The van der Waals surface area contributed by atoms with E-state index in [-0.39, 0.29) is 25.7 Å². The normalized spacial score (nSPS) is 11.2. The topological polar surface area (TPSA) is 158 Å². The van der Waals surface area contributed by atoms with Gasteiger partial charge in [0, 0.05) is 30.5 Å². The van der Waals surface area contributed by atoms with Gasteiger partial charge >= 0.3 is 5.97 Å². The summed E-state index contributed by atoms with van der Waals surface area (Å²) in [6, 6.07) is 6.48. The van der Waals surface area contributed by atoms with E-state index in [4.69, 9.17) is 20.7 Å². The first-order valence-electron chi connectivity index (χ1n) is 7.73. The zero-order valence-electron chi connectivity index (χ0n) is 14.3. The monoisotopic (exact) mass is 367 g/mol. The van der Waals surface area contributed by atoms with Crippen LogP contribution in [0.1, 0.15) is 17.3 Å². The van der Waals surface area contributed by atoms with Crippen LogP contribution in [0, 0.1) is 0 Å². The number of rotatable bonds is 12. The van der Waals surface area contributed by atoms with Crippen molar-refractivity contribution in [1.82, 2.24) is 5.32 Å². The molecule has 0 radical (unpaired) electrons. The molecule has 1 atom stereocenters. The Kier molecular flexibility index (Phi) is 10.2. The summed E-state index contributed by atoms with van der Waals surface area (Å²) in [4.78, 5) is 33.9. The van der Waals surface area contributed by atoms with Crippen LogP contribution in [-0.4, -0.2) is 51.0 Å². The predicted molar refractivity (Wildman–Crippen MR) is 89.9 cm³/mol. The van der Waals surface area contributed by atoms with Crippen LogP contribution in [0.25, 0.3) is 10.4 Å². The fraction of sp³-hybridized carbons (Fsp3) is 0.467. The number of carbonyl (C=O) groups excluding carboxylic acids is 2. The van der Waals surface area contributed by atoms with Crippen molar-refractivity contribution in [3.63, 3.8) is 0 Å². The second-order valence-electron chi connectivity index (χ2n) is 4.81. The van der Waals surface area contributed by atoms with Gasteiger partial charge in [0.05, 0.1) is 6.61 Å². The Bertz CT molecular complexity index is 635. The smallest absolute Gasteiger partial charge is 0.339 e. The molecule has 1 amide bonds. The highest BCUT2D eigenvalue weighted by atomic mass is 17.2. The summed E-state index contributed by atoms with van der Waals surface area (Å²) in [5, 5.41) is 6.10. The second kappa shape index (κ2) is 12.5. The van der Waals surface area contributed by atoms with Gasteiger partial charge in [-0.05, 0) is 23.7 Å². The summed E-state index contributed by atoms with van der Waals surface area (Å²) >= 11 is 0. The van der Waals surface area contributed by atoms with Crippen molar-refractivity contribution in [2.45, 2.75) is 13.2 Å². The number of nitrogens with one attached hydrogen (secondary N) is 1. The van der Waals surface area contributed by atoms with E-state index in [0.29, 0.717) is 24.4 Å². The van der Waals surface area contributed by atoms with E-state index < -0.39 is 12.2 Å². The molecule has 1 rings (SSSR count). The summed E-state index contributed by atoms with van der Waals surface area (Å²) in [5.74, 6) is -0.454. The molecule has 11 heteroatoms. The molecule has 1 aromatic carbocycles. The summed E-state index contributed by atoms with van der Waals surface area (Å²) < 4.78 is 10.8. The zero-order chi connectivity index (χ0) is 19.2. The molecule has 3 N–H and O–H groups in total. The van der Waals surface area contributed by atoms with Crippen molar-refractivity contribution in [2.75, 3.05) is 32.9 Å². The number of benzene rings is 1. The van der Waals surface area contributed by atoms with Crippen LogP contribution in [0.4, 0.5) is 0 Å². The number of amides is 1. The van der Waals surface area contributed by atoms with Crippen molar-refractivity contribution in [1.29, 1.82) is 0 Å². The minimum Gasteiger partial charge on any atom is -0.491 e. The van der Waals surface area contributed by atoms with Gasteiger partial charge in [0.15, 0.2) is 6.23 Å². The third-order valence-corrected chi connectivity index (χ3v) is 2.75. The molecule has 26 heavy (non-hydrogen) atoms. The molecule has 0 spiro atoms. The first-order chi connectivity index (χ1) is 12.6. The minimum absolute atomic E-state index is 0.0157. The van der Waals surface area contributed by atoms with Gasteiger partial charge in [-0.2, -0.15) is 4.89 Å². The zero-order valence-corrected chi connectivity index (χ0v) is 14.3. The number of carbonyl (C=O) groups is 2. The van der Waals surface area contributed by atoms with Crippen molar-refractivity contribution >= 4 is 11.9 Å². The largest absolute Gasteiger partial charge is 0.491 e. The first kappa shape index (κ1) is 21.2. The van der Waals surface area contributed by atoms with Gasteiger partial charge in [-0.3, -0.25) is 9.68 Å². The third-order valence-electron chi connectivity index (χ3n) is 2.75. The molecule has 1 unspecified atom stereocenters. The van der Waals surface area contributed by atoms with Crippen molar-refractivity contribution < 1.29 is 28.8 Å². The number of ether oxygens (including phenoxy) is 2. The molecule has 0 aliphatic heterocycles. The Morgan fingerprint density at radius 2 is 2.19 bits per heavy atom. The molecule has 0 aliphatic carbocycles. The third kappa shape index (κ3) is 8.85. The SMILES string of the molecule is CC(=O)OOCCOC(COc1cccc(C(=O)NCCN)c1)N=[N+]=[N-]. The lowest BCUT2D eigenvalue weighted by atomic mass is 10.2. The van der Waals surface area contributed by atoms with Gasteiger partial charge in [-0.15, -0.1) is 0 Å². The lowest BCUT2D eigenvalue weighted by molar-refractivity contribution is -0.275. The molecule has 0 fully saturated rings. The first-order valence-corrected chi connectivity index (χ1v) is 7.73. The Hall–Kier alpha value is -2.85. The van der Waals surface area contributed by atoms with Crippen LogP contribution in [0.3, 0.4) is 0 Å². The van der Waals surface area contributed by atoms with Crippen molar-refractivity contribution in [3.8, 4) is 5.75 Å². The van der Waals surface area contributed by atoms with E-state index in [2.05, 4.69) is 25.1 Å². The highest BCUT2D eigenvalue weighted by Gasteiger charge is 2.10. The van der Waals surface area contributed by atoms with Gasteiger partial charge in [-0.1, -0.05) is 11.2 Å². The maximum atomic E-state index is 11.9. The fourth-order valence-corrected chi connectivity index (χ4v) is 1.70. The molecular weight excluding hydrogens is 346 g/mol. The lowest BCUT2D eigenvalue weighted by Gasteiger charge is -2.14. The fourth-order valence-electron chi connectivity index (χ4n) is 1.70. The summed E-state index contributed by atoms with van der Waals surface area (Å²) in [5.41, 5.74) is 14.3. The van der Waals surface area contributed by atoms with Gasteiger partial charge < -0.3 is 20.5 Å². The number of azide groups is 1. The Balaban J connectivity index is 2.48. The molecular formula is C15H21N5O6. The van der Waals surface area contributed by atoms with Crippen LogP contribution in [0.2, 0.25) is 0 Å². The standard InChI is InChI=1S/C15H21N5O6/c1-11(21)26-25-8-7-23-14(19-20-17)10-24-13-4-2-3-12(9-13)15(22)18-6-5-16/h2-4,9,14H,5-8,10,16H2,1H3,(H,18,22). The van der Waals surface area contributed by atoms with Gasteiger partial charge in [0.25, 0.3) is 5.91 Å². The average molecular weight is 367 g/mol. The van der Waals surface area contributed by atoms with Crippen molar-refractivity contribution in [2.24, 2.45) is 10.8 Å². The average Bonchev–Trinajstić information content (AvgIpc) is 2.63. The quantitative estimate of drug-likeness (QED) is 0.139. The second-order valence-corrected chi connectivity index (χ2v) is 4.81. The maximum absolute atomic E-state index is 11.9. The molecule has 0 saturated carbocycles. The Morgan fingerprint density at radius 3 is 2.88 bits per heavy atom. The Morgan fingerprint density at radius 1 is 1.38 bits per heavy atom. The van der Waals surface area contributed by atoms with E-state index in [1.807, 2.05) is 0 Å². The highest BCUT2D eigenvalue weighted by molar-refractivity contribution is 5.94. The van der Waals surface area contributed by atoms with Crippen LogP contribution in [-0.2, 0) is 19.3 Å². The van der Waals surface area contributed by atoms with Gasteiger partial charge in [0.1, 0.15) is 19.0 Å². The molecule has 0 aromatic heterocycles. The van der Waals surface area contributed by atoms with E-state index in [1.165, 1.54) is 6.92 Å². The molecule has 11 nitrogen and oxygen atoms in total. The van der Waals surface area contributed by atoms with Crippen LogP contribution in [0.5, 0.6) is 5.75 Å². The van der Waals surface area contributed by atoms with Crippen LogP contribution in [0.15, 0.2) is 29.4 Å². The predicted octanol–water partition coefficient (Wildman–Crippen LogP) is 0.902. The molecule has 0 heterocycles. The van der Waals surface area contributed by atoms with Gasteiger partial charge in [-0.25, -0.2) is 4.79 Å². The molecule has 0 aliphatic rings. The minimum atomic E-state index is -0.921. The molecule has 142 valence electrons. The summed E-state index contributed by atoms with van der Waals surface area (Å²) in [7, 11) is 0. The van der Waals surface area contributed by atoms with Gasteiger partial charge in [0.2, 0.25) is 0 Å². The summed E-state index contributed by atoms with van der Waals surface area (Å²) in [6.07, 6.45) is -0.921. The number of nitrogens with two attached hydrogens (primary N) is 1. The maximum Gasteiger partial charge on any atom is 0.339 e. The number of hydrogen-bond donors (Lipinski definition) is 2. The van der Waals surface area contributed by atoms with Crippen LogP contribution < -0.4 is 15.8 Å². The van der Waals surface area contributed by atoms with E-state index in [9.17, 15) is 9.59 Å². The summed E-state index contributed by atoms with van der Waals surface area (Å²) in [6.45, 7) is 1.81. The number of nitrogens with zero attached hydrogens (tertiary/aromatic N) is 3. The van der Waals surface area contributed by atoms with E-state index in [0.717, 1.165) is 0 Å². The highest BCUT2D eigenvalue weighted by Crippen LogP contribution is 2.14. The van der Waals surface area contributed by atoms with Crippen LogP contribution >= 0.6 is 0 Å². The van der Waals surface area contributed by atoms with Crippen molar-refractivity contribution in [3.05, 3.63) is 40.3 Å².